The molecular formula is C41H39Cl3Cs2N6O9. The molecule has 3 N–H and O–H groups in total. The van der Waals surface area contributed by atoms with Crippen molar-refractivity contribution in [2.45, 2.75) is 26.3 Å². The number of ether oxygens (including phenoxy) is 2. The van der Waals surface area contributed by atoms with E-state index < -0.39 is 12.2 Å². The molecule has 6 aromatic rings. The Bertz CT molecular complexity index is 2360. The fraction of sp³-hybridized carbons (Fsp3) is 0.146. The molecule has 4 aromatic carbocycles. The zero-order valence-electron chi connectivity index (χ0n) is 34.6. The van der Waals surface area contributed by atoms with Gasteiger partial charge in [-0.15, -0.1) is 11.6 Å². The predicted molar refractivity (Wildman–Crippen MR) is 225 cm³/mol. The summed E-state index contributed by atoms with van der Waals surface area (Å²) >= 11 is 17.3. The van der Waals surface area contributed by atoms with Gasteiger partial charge in [-0.1, -0.05) is 71.7 Å². The van der Waals surface area contributed by atoms with Crippen LogP contribution in [0.3, 0.4) is 0 Å². The molecule has 20 heteroatoms. The maximum absolute atomic E-state index is 12.2. The van der Waals surface area contributed by atoms with Crippen LogP contribution in [-0.2, 0) is 31.6 Å². The number of carbonyl (C=O) groups is 3. The predicted octanol–water partition coefficient (Wildman–Crippen LogP) is 1.82. The van der Waals surface area contributed by atoms with Crippen molar-refractivity contribution in [1.82, 2.24) is 20.0 Å². The number of hydrogen-bond donors (Lipinski definition) is 3. The first-order chi connectivity index (χ1) is 28.5. The maximum Gasteiger partial charge on any atom is 1.00 e. The van der Waals surface area contributed by atoms with Crippen molar-refractivity contribution in [3.05, 3.63) is 163 Å². The second kappa shape index (κ2) is 32.3. The summed E-state index contributed by atoms with van der Waals surface area (Å²) in [6, 6.07) is 35.3. The van der Waals surface area contributed by atoms with Gasteiger partial charge in [-0.2, -0.15) is 10.2 Å². The molecule has 0 saturated heterocycles. The number of hydrogen-bond acceptors (Lipinski definition) is 11. The third-order valence-corrected chi connectivity index (χ3v) is 8.06. The van der Waals surface area contributed by atoms with Gasteiger partial charge in [0.25, 0.3) is 17.6 Å². The molecule has 0 unspecified atom stereocenters. The van der Waals surface area contributed by atoms with Crippen molar-refractivity contribution in [3.8, 4) is 22.5 Å². The van der Waals surface area contributed by atoms with Gasteiger partial charge in [-0.3, -0.25) is 25.0 Å². The van der Waals surface area contributed by atoms with E-state index in [9.17, 15) is 19.2 Å². The quantitative estimate of drug-likeness (QED) is 0.0781. The van der Waals surface area contributed by atoms with E-state index in [2.05, 4.69) is 30.8 Å². The number of aromatic amines is 1. The minimum atomic E-state index is -0.519. The summed E-state index contributed by atoms with van der Waals surface area (Å²) in [6.45, 7) is 4.25. The Morgan fingerprint density at radius 2 is 1.21 bits per heavy atom. The van der Waals surface area contributed by atoms with Crippen LogP contribution < -0.4 is 165 Å². The molecule has 2 amide bonds. The smallest absolute Gasteiger partial charge is 1.00 e. The summed E-state index contributed by atoms with van der Waals surface area (Å²) < 4.78 is 11.0. The number of anilines is 2. The Labute approximate surface area is 485 Å². The van der Waals surface area contributed by atoms with Gasteiger partial charge in [0.1, 0.15) is 0 Å². The second-order valence-corrected chi connectivity index (χ2v) is 12.6. The van der Waals surface area contributed by atoms with Crippen LogP contribution in [0.5, 0.6) is 0 Å². The standard InChI is InChI=1S/C20H18ClN3O3.C10H7ClN2O.C10H12ClNO2.CH2O3.2Cs.H/c1-2-27-20(26)22-17-5-3-4-14(12-17)13-24-19(25)11-10-18(23-24)15-6-8-16(21)9-7-15;11-8-3-1-7(2-4-8)9-5-6-10(14)13-12-9;1-2-14-10(13)12-9-5-3-4-8(6-9)7-11;2-1-4-3;;;/h3-12H,2,13H2,1H3,(H,22,26);1-6H,(H,13,14);3-6H,2,7H2,1H3,(H,12,13);1,3H;;;/q;;;;2*+1;-1/p-1. The van der Waals surface area contributed by atoms with Crippen molar-refractivity contribution < 1.29 is 173 Å². The molecule has 310 valence electrons. The van der Waals surface area contributed by atoms with Crippen LogP contribution in [0.2, 0.25) is 10.0 Å². The molecule has 0 atom stereocenters. The van der Waals surface area contributed by atoms with E-state index in [-0.39, 0.29) is 163 Å². The zero-order valence-corrected chi connectivity index (χ0v) is 48.4. The van der Waals surface area contributed by atoms with Crippen LogP contribution >= 0.6 is 34.8 Å². The number of aromatic nitrogens is 4. The van der Waals surface area contributed by atoms with Gasteiger partial charge < -0.3 is 21.0 Å². The summed E-state index contributed by atoms with van der Waals surface area (Å²) in [5.74, 6) is 0.429. The molecule has 0 spiro atoms. The molecule has 0 saturated carbocycles. The molecule has 61 heavy (non-hydrogen) atoms. The normalized spacial score (nSPS) is 9.48. The van der Waals surface area contributed by atoms with Crippen LogP contribution in [0.15, 0.2) is 131 Å². The third-order valence-electron chi connectivity index (χ3n) is 7.25. The van der Waals surface area contributed by atoms with Crippen LogP contribution in [0.1, 0.15) is 26.4 Å². The van der Waals surface area contributed by atoms with Crippen molar-refractivity contribution in [3.63, 3.8) is 0 Å². The fourth-order valence-corrected chi connectivity index (χ4v) is 5.10. The van der Waals surface area contributed by atoms with Crippen LogP contribution in [0, 0.1) is 0 Å². The number of halogens is 3. The Kier molecular flexibility index (Phi) is 29.9. The SMILES string of the molecule is CCOC(=O)Nc1cccc(CCl)c1.CCOC(=O)Nc1cccc(Cn2nc(-c3ccc(Cl)cc3)ccc2=O)c1.O=CO[O-].O=c1ccc(-c2ccc(Cl)cc2)n[nH]1.[Cs+].[Cs+].[H-]. The summed E-state index contributed by atoms with van der Waals surface area (Å²) in [5.41, 5.74) is 5.84. The van der Waals surface area contributed by atoms with Gasteiger partial charge in [0, 0.05) is 50.6 Å². The molecule has 0 aliphatic heterocycles. The molecule has 2 aromatic heterocycles. The van der Waals surface area contributed by atoms with Crippen LogP contribution in [0.4, 0.5) is 21.0 Å². The fourth-order valence-electron chi connectivity index (χ4n) is 4.69. The van der Waals surface area contributed by atoms with E-state index in [0.29, 0.717) is 46.2 Å². The number of rotatable bonds is 10. The molecule has 0 aliphatic carbocycles. The Hall–Kier alpha value is -2.42. The van der Waals surface area contributed by atoms with E-state index in [1.165, 1.54) is 16.8 Å². The molecule has 2 heterocycles. The summed E-state index contributed by atoms with van der Waals surface area (Å²) in [4.78, 5) is 56.8. The number of carbonyl (C=O) groups excluding carboxylic acids is 3. The molecule has 15 nitrogen and oxygen atoms in total. The summed E-state index contributed by atoms with van der Waals surface area (Å²) in [7, 11) is 0. The minimum Gasteiger partial charge on any atom is -1.00 e. The Morgan fingerprint density at radius 1 is 0.738 bits per heavy atom. The van der Waals surface area contributed by atoms with Crippen LogP contribution in [0.25, 0.3) is 22.5 Å². The number of nitrogens with one attached hydrogen (secondary N) is 3. The van der Waals surface area contributed by atoms with Gasteiger partial charge in [-0.25, -0.2) is 19.4 Å². The number of nitrogens with zero attached hydrogens (tertiary/aromatic N) is 3. The number of alkyl halides is 1. The van der Waals surface area contributed by atoms with Crippen molar-refractivity contribution >= 4 is 64.8 Å². The van der Waals surface area contributed by atoms with Gasteiger partial charge in [0.05, 0.1) is 31.1 Å². The maximum atomic E-state index is 12.2. The largest absolute Gasteiger partial charge is 1.00 e. The van der Waals surface area contributed by atoms with Gasteiger partial charge in [0.15, 0.2) is 0 Å². The average Bonchev–Trinajstić information content (AvgIpc) is 3.23. The summed E-state index contributed by atoms with van der Waals surface area (Å²) in [6.07, 6.45) is -0.964. The molecule has 0 bridgehead atoms. The van der Waals surface area contributed by atoms with E-state index in [1.807, 2.05) is 48.5 Å². The monoisotopic (exact) mass is 1130 g/mol. The number of amides is 2. The van der Waals surface area contributed by atoms with Crippen molar-refractivity contribution in [2.24, 2.45) is 0 Å². The number of H-pyrrole nitrogens is 1. The Balaban J connectivity index is 0.000000906. The van der Waals surface area contributed by atoms with E-state index in [0.717, 1.165) is 27.9 Å². The molecule has 0 radical (unpaired) electrons. The van der Waals surface area contributed by atoms with E-state index in [4.69, 9.17) is 54.3 Å². The van der Waals surface area contributed by atoms with Crippen LogP contribution in [-0.4, -0.2) is 51.9 Å². The van der Waals surface area contributed by atoms with Gasteiger partial charge >= 0.3 is 150 Å². The first-order valence-electron chi connectivity index (χ1n) is 17.5. The van der Waals surface area contributed by atoms with E-state index in [1.54, 1.807) is 74.5 Å². The minimum absolute atomic E-state index is 0. The third kappa shape index (κ3) is 22.2. The molecule has 0 fully saturated rings. The van der Waals surface area contributed by atoms with Gasteiger partial charge in [0.2, 0.25) is 0 Å². The molecule has 0 aliphatic rings. The Morgan fingerprint density at radius 3 is 1.67 bits per heavy atom. The van der Waals surface area contributed by atoms with Gasteiger partial charge in [-0.05, 0) is 85.6 Å². The number of benzene rings is 4. The zero-order chi connectivity index (χ0) is 43.0. The summed E-state index contributed by atoms with van der Waals surface area (Å²) in [5, 5.41) is 25.7. The molecular weight excluding hydrogens is 1090 g/mol. The van der Waals surface area contributed by atoms with Crippen molar-refractivity contribution in [2.75, 3.05) is 23.8 Å². The first-order valence-corrected chi connectivity index (χ1v) is 18.8. The molecule has 6 rings (SSSR count). The second-order valence-electron chi connectivity index (χ2n) is 11.5. The van der Waals surface area contributed by atoms with Crippen molar-refractivity contribution in [1.29, 1.82) is 0 Å². The topological polar surface area (TPSA) is 207 Å². The van der Waals surface area contributed by atoms with E-state index >= 15 is 0 Å². The first kappa shape index (κ1) is 56.6. The average molecular weight is 1130 g/mol.